The lowest BCUT2D eigenvalue weighted by Crippen LogP contribution is -2.67. The Morgan fingerprint density at radius 3 is 1.45 bits per heavy atom. The highest BCUT2D eigenvalue weighted by molar-refractivity contribution is 7.46. The minimum atomic E-state index is -5.39. The average Bonchev–Trinajstić information content (AvgIpc) is 0.966. The highest BCUT2D eigenvalue weighted by Crippen LogP contribution is 2.44. The summed E-state index contributed by atoms with van der Waals surface area (Å²) in [5.74, 6) is -1.52. The summed E-state index contributed by atoms with van der Waals surface area (Å²) in [5, 5.41) is 17.9. The Balaban J connectivity index is 2.45. The number of methoxy groups -OCH3 is 2. The number of rotatable bonds is 59. The number of phosphoric acid groups is 2. The van der Waals surface area contributed by atoms with E-state index < -0.39 is 102 Å². The third kappa shape index (κ3) is 41.0. The first-order chi connectivity index (χ1) is 42.9. The lowest BCUT2D eigenvalue weighted by atomic mass is 9.95. The molecule has 7 N–H and O–H groups in total. The van der Waals surface area contributed by atoms with Gasteiger partial charge in [-0.2, -0.15) is 0 Å². The fourth-order valence-electron chi connectivity index (χ4n) is 11.7. The number of phosphoric ester groups is 2. The fourth-order valence-corrected chi connectivity index (χ4v) is 12.7. The summed E-state index contributed by atoms with van der Waals surface area (Å²) in [6, 6.07) is -2.84. The molecule has 89 heavy (non-hydrogen) atoms. The molecule has 2 saturated heterocycles. The van der Waals surface area contributed by atoms with Crippen molar-refractivity contribution in [3.8, 4) is 0 Å². The van der Waals surface area contributed by atoms with E-state index in [1.807, 2.05) is 0 Å². The van der Waals surface area contributed by atoms with Crippen molar-refractivity contribution in [2.75, 3.05) is 40.6 Å². The van der Waals surface area contributed by atoms with Crippen molar-refractivity contribution in [2.45, 2.75) is 352 Å². The van der Waals surface area contributed by atoms with Crippen LogP contribution in [0.2, 0.25) is 0 Å². The highest BCUT2D eigenvalue weighted by atomic mass is 31.2. The number of allylic oxidation sites excluding steroid dienone is 2. The quantitative estimate of drug-likeness (QED) is 0.0129. The number of unbranched alkanes of at least 4 members (excludes halogenated alkanes) is 30. The predicted octanol–water partition coefficient (Wildman–Crippen LogP) is 13.6. The molecule has 0 bridgehead atoms. The van der Waals surface area contributed by atoms with E-state index in [2.05, 4.69) is 50.5 Å². The molecule has 0 aromatic rings. The van der Waals surface area contributed by atoms with E-state index in [9.17, 15) is 48.2 Å². The van der Waals surface area contributed by atoms with Crippen LogP contribution in [-0.4, -0.2) is 150 Å². The van der Waals surface area contributed by atoms with Gasteiger partial charge < -0.3 is 68.5 Å². The molecule has 0 aromatic heterocycles. The van der Waals surface area contributed by atoms with Gasteiger partial charge in [-0.15, -0.1) is 0 Å². The van der Waals surface area contributed by atoms with E-state index in [-0.39, 0.29) is 44.5 Å². The molecular weight excluding hydrogens is 1190 g/mol. The van der Waals surface area contributed by atoms with Crippen molar-refractivity contribution in [1.82, 2.24) is 10.6 Å². The Labute approximate surface area is 536 Å². The molecule has 524 valence electrons. The Bertz CT molecular complexity index is 1900. The lowest BCUT2D eigenvalue weighted by molar-refractivity contribution is -0.301. The second-order valence-corrected chi connectivity index (χ2v) is 27.2. The molecule has 11 atom stereocenters. The summed E-state index contributed by atoms with van der Waals surface area (Å²) in [5.41, 5.74) is 0. The molecule has 0 saturated carbocycles. The molecule has 23 heteroatoms. The number of ether oxygens (including phenoxy) is 7. The fraction of sp³-hybridized carbons (Fsp3) is 0.924. The van der Waals surface area contributed by atoms with Gasteiger partial charge in [-0.3, -0.25) is 23.4 Å². The number of Topliss-reactive ketones (excluding diaryl/α,β-unsaturated/α-hetero) is 1. The summed E-state index contributed by atoms with van der Waals surface area (Å²) in [7, 11) is -7.69. The molecule has 7 unspecified atom stereocenters. The maximum atomic E-state index is 14.1. The molecule has 0 aromatic carbocycles. The summed E-state index contributed by atoms with van der Waals surface area (Å²) < 4.78 is 79.3. The van der Waals surface area contributed by atoms with Crippen LogP contribution >= 0.6 is 15.6 Å². The van der Waals surface area contributed by atoms with Gasteiger partial charge in [0.25, 0.3) is 0 Å². The molecule has 2 fully saturated rings. The molecular formula is C66H126N2O19P2. The predicted molar refractivity (Wildman–Crippen MR) is 347 cm³/mol. The maximum Gasteiger partial charge on any atom is 0.472 e. The zero-order valence-corrected chi connectivity index (χ0v) is 57.8. The topological polar surface area (TPSA) is 294 Å². The monoisotopic (exact) mass is 1310 g/mol. The number of nitrogens with one attached hydrogen (secondary N) is 2. The van der Waals surface area contributed by atoms with Crippen LogP contribution in [0.3, 0.4) is 0 Å². The van der Waals surface area contributed by atoms with Crippen molar-refractivity contribution in [3.05, 3.63) is 12.2 Å². The van der Waals surface area contributed by atoms with Gasteiger partial charge in [0.15, 0.2) is 12.6 Å². The average molecular weight is 1310 g/mol. The van der Waals surface area contributed by atoms with E-state index in [1.165, 1.54) is 58.5 Å². The van der Waals surface area contributed by atoms with Crippen LogP contribution in [-0.2, 0) is 65.7 Å². The summed E-state index contributed by atoms with van der Waals surface area (Å²) in [6.45, 7) is 7.91. The number of hydrogen-bond acceptors (Lipinski definition) is 15. The van der Waals surface area contributed by atoms with Crippen molar-refractivity contribution in [3.63, 3.8) is 0 Å². The van der Waals surface area contributed by atoms with Crippen molar-refractivity contribution in [2.24, 2.45) is 0 Å². The first kappa shape index (κ1) is 83.3. The zero-order chi connectivity index (χ0) is 65.4. The number of aliphatic hydroxyl groups excluding tert-OH is 1. The van der Waals surface area contributed by atoms with E-state index in [4.69, 9.17) is 42.2 Å². The molecule has 21 nitrogen and oxygen atoms in total. The first-order valence-electron chi connectivity index (χ1n) is 35.0. The molecule has 0 aliphatic carbocycles. The number of hydrogen-bond donors (Lipinski definition) is 7. The Kier molecular flexibility index (Phi) is 49.2. The molecule has 0 radical (unpaired) electrons. The first-order valence-corrected chi connectivity index (χ1v) is 38.1. The maximum absolute atomic E-state index is 14.1. The van der Waals surface area contributed by atoms with Gasteiger partial charge in [-0.05, 0) is 57.8 Å². The summed E-state index contributed by atoms with van der Waals surface area (Å²) in [6.07, 6.45) is 29.6. The summed E-state index contributed by atoms with van der Waals surface area (Å²) >= 11 is 0. The normalized spacial score (nSPS) is 22.9. The minimum absolute atomic E-state index is 0.00889. The van der Waals surface area contributed by atoms with Crippen molar-refractivity contribution >= 4 is 33.2 Å². The van der Waals surface area contributed by atoms with Crippen LogP contribution in [0.1, 0.15) is 285 Å². The molecule has 2 amide bonds. The smallest absolute Gasteiger partial charge is 0.388 e. The third-order valence-electron chi connectivity index (χ3n) is 16.8. The molecule has 2 rings (SSSR count). The van der Waals surface area contributed by atoms with Gasteiger partial charge in [0.1, 0.15) is 54.5 Å². The molecule has 2 heterocycles. The van der Waals surface area contributed by atoms with Crippen LogP contribution in [0.25, 0.3) is 0 Å². The van der Waals surface area contributed by atoms with Gasteiger partial charge in [0.2, 0.25) is 11.8 Å². The summed E-state index contributed by atoms with van der Waals surface area (Å²) in [4.78, 5) is 82.2. The number of ketones is 1. The van der Waals surface area contributed by atoms with Crippen molar-refractivity contribution in [1.29, 1.82) is 0 Å². The van der Waals surface area contributed by atoms with Crippen LogP contribution in [0.5, 0.6) is 0 Å². The number of carbonyl (C=O) groups is 3. The van der Waals surface area contributed by atoms with Gasteiger partial charge in [0, 0.05) is 40.3 Å². The van der Waals surface area contributed by atoms with E-state index in [0.717, 1.165) is 161 Å². The SMILES string of the molecule is CCCCCC/C=C\CCCCCCCCCC(=O)N[C@H]1C(OCC2OC(OP(=O)(O)O)[C@H](NC(=O)CC(=O)CCCCCCCCCCC)C(OCCCCCCCCCC)[C@@H]2O)OC(COC)[C@@H](OP(=O)(O)O)C1OCCC(CCCCCCC)OC. The van der Waals surface area contributed by atoms with Gasteiger partial charge >= 0.3 is 15.6 Å². The van der Waals surface area contributed by atoms with E-state index >= 15 is 0 Å². The van der Waals surface area contributed by atoms with Crippen molar-refractivity contribution < 1.29 is 90.4 Å². The number of carbonyl (C=O) groups excluding carboxylic acids is 3. The van der Waals surface area contributed by atoms with Crippen LogP contribution in [0, 0.1) is 0 Å². The second-order valence-electron chi connectivity index (χ2n) is 24.8. The second kappa shape index (κ2) is 52.5. The molecule has 2 aliphatic rings. The Hall–Kier alpha value is -1.75. The zero-order valence-electron chi connectivity index (χ0n) is 56.0. The Morgan fingerprint density at radius 2 is 0.921 bits per heavy atom. The largest absolute Gasteiger partial charge is 0.472 e. The third-order valence-corrected chi connectivity index (χ3v) is 17.8. The van der Waals surface area contributed by atoms with Gasteiger partial charge in [0.05, 0.1) is 25.7 Å². The van der Waals surface area contributed by atoms with Crippen LogP contribution in [0.15, 0.2) is 12.2 Å². The minimum Gasteiger partial charge on any atom is -0.388 e. The number of amides is 2. The van der Waals surface area contributed by atoms with E-state index in [0.29, 0.717) is 25.7 Å². The van der Waals surface area contributed by atoms with Gasteiger partial charge in [-0.1, -0.05) is 220 Å². The molecule has 0 spiro atoms. The molecule has 2 aliphatic heterocycles. The van der Waals surface area contributed by atoms with Gasteiger partial charge in [-0.25, -0.2) is 9.13 Å². The van der Waals surface area contributed by atoms with Crippen LogP contribution < -0.4 is 10.6 Å². The highest BCUT2D eigenvalue weighted by Gasteiger charge is 2.53. The van der Waals surface area contributed by atoms with E-state index in [1.54, 1.807) is 7.11 Å². The standard InChI is InChI=1S/C66H126N2O19P2/c1-7-11-15-19-22-25-26-27-28-29-30-32-34-38-42-46-57(70)67-60-64(82-49-47-54(80-6)45-41-36-18-14-10-4)62(86-88(73,74)75)56(51-79-5)85-65(60)83-52-55-61(72)63(81-48-43-39-35-24-21-17-13-9-3)59(66(84-55)87-89(76,77)78)68-58(71)50-53(69)44-40-37-33-31-23-20-16-12-8-2/h25-26,54-56,59-66,72H,7-24,27-52H2,1-6H3,(H,67,70)(H,68,71)(H2,73,74,75)(H2,76,77,78)/b26-25-/t54?,55?,56?,59-,60-,61-,62-,63?,64?,65?,66?/m1/s1. The number of aliphatic hydroxyl groups is 1. The Morgan fingerprint density at radius 1 is 0.472 bits per heavy atom. The lowest BCUT2D eigenvalue weighted by Gasteiger charge is -2.47. The van der Waals surface area contributed by atoms with Crippen LogP contribution in [0.4, 0.5) is 0 Å².